The number of thiophene rings is 1. The summed E-state index contributed by atoms with van der Waals surface area (Å²) in [6.07, 6.45) is 6.84. The lowest BCUT2D eigenvalue weighted by Gasteiger charge is -2.55. The highest BCUT2D eigenvalue weighted by Gasteiger charge is 2.50. The van der Waals surface area contributed by atoms with Gasteiger partial charge < -0.3 is 5.11 Å². The standard InChI is InChI=1S/C15H19BrOS/c16-13-2-1-12(18-13)15(17)14-10-4-8-3-9(6-10)7-11(14)5-8/h1-2,8-11,14-15,17H,3-7H2. The van der Waals surface area contributed by atoms with Gasteiger partial charge in [0.25, 0.3) is 0 Å². The fraction of sp³-hybridized carbons (Fsp3) is 0.733. The first-order chi connectivity index (χ1) is 8.70. The maximum absolute atomic E-state index is 10.8. The van der Waals surface area contributed by atoms with Gasteiger partial charge in [-0.3, -0.25) is 0 Å². The molecule has 4 aliphatic rings. The number of halogens is 1. The topological polar surface area (TPSA) is 20.2 Å². The second-order valence-corrected chi connectivity index (χ2v) is 9.09. The van der Waals surface area contributed by atoms with Crippen LogP contribution in [0.15, 0.2) is 15.9 Å². The minimum atomic E-state index is -0.212. The molecule has 1 N–H and O–H groups in total. The Labute approximate surface area is 121 Å². The summed E-state index contributed by atoms with van der Waals surface area (Å²) < 4.78 is 1.14. The first-order valence-electron chi connectivity index (χ1n) is 7.14. The molecule has 1 atom stereocenters. The van der Waals surface area contributed by atoms with Crippen LogP contribution in [0.4, 0.5) is 0 Å². The molecule has 3 heteroatoms. The molecule has 0 aliphatic heterocycles. The van der Waals surface area contributed by atoms with Gasteiger partial charge in [-0.25, -0.2) is 0 Å². The molecule has 4 bridgehead atoms. The zero-order valence-electron chi connectivity index (χ0n) is 10.4. The second-order valence-electron chi connectivity index (χ2n) is 6.59. The van der Waals surface area contributed by atoms with E-state index < -0.39 is 0 Å². The smallest absolute Gasteiger partial charge is 0.0915 e. The summed E-state index contributed by atoms with van der Waals surface area (Å²) in [4.78, 5) is 1.17. The predicted octanol–water partition coefficient (Wildman–Crippen LogP) is 4.62. The van der Waals surface area contributed by atoms with Gasteiger partial charge in [-0.05, 0) is 89.8 Å². The van der Waals surface area contributed by atoms with Crippen molar-refractivity contribution in [3.05, 3.63) is 20.8 Å². The van der Waals surface area contributed by atoms with Crippen LogP contribution in [-0.4, -0.2) is 5.11 Å². The molecule has 0 amide bonds. The summed E-state index contributed by atoms with van der Waals surface area (Å²) in [5, 5.41) is 10.8. The van der Waals surface area contributed by atoms with E-state index >= 15 is 0 Å². The quantitative estimate of drug-likeness (QED) is 0.840. The minimum absolute atomic E-state index is 0.212. The van der Waals surface area contributed by atoms with Crippen molar-refractivity contribution in [1.29, 1.82) is 0 Å². The lowest BCUT2D eigenvalue weighted by molar-refractivity contribution is -0.0898. The average molecular weight is 327 g/mol. The third-order valence-corrected chi connectivity index (χ3v) is 7.24. The van der Waals surface area contributed by atoms with Crippen molar-refractivity contribution in [1.82, 2.24) is 0 Å². The van der Waals surface area contributed by atoms with Crippen LogP contribution in [0.1, 0.15) is 43.1 Å². The van der Waals surface area contributed by atoms with Gasteiger partial charge in [0.15, 0.2) is 0 Å². The number of aliphatic hydroxyl groups is 1. The summed E-state index contributed by atoms with van der Waals surface area (Å²) in [6, 6.07) is 4.17. The molecule has 1 unspecified atom stereocenters. The van der Waals surface area contributed by atoms with Crippen molar-refractivity contribution in [3.63, 3.8) is 0 Å². The van der Waals surface area contributed by atoms with Crippen LogP contribution in [-0.2, 0) is 0 Å². The molecule has 5 rings (SSSR count). The Morgan fingerprint density at radius 3 is 2.17 bits per heavy atom. The van der Waals surface area contributed by atoms with E-state index in [1.807, 2.05) is 0 Å². The SMILES string of the molecule is OC(c1ccc(Br)s1)C1C2CC3CC(C2)CC1C3. The molecule has 0 aromatic carbocycles. The van der Waals surface area contributed by atoms with E-state index in [-0.39, 0.29) is 6.10 Å². The number of hydrogen-bond acceptors (Lipinski definition) is 2. The van der Waals surface area contributed by atoms with Gasteiger partial charge in [0.1, 0.15) is 0 Å². The van der Waals surface area contributed by atoms with Crippen molar-refractivity contribution >= 4 is 27.3 Å². The van der Waals surface area contributed by atoms with Gasteiger partial charge in [-0.2, -0.15) is 0 Å². The molecule has 1 aromatic rings. The van der Waals surface area contributed by atoms with Crippen molar-refractivity contribution in [2.24, 2.45) is 29.6 Å². The van der Waals surface area contributed by atoms with Crippen LogP contribution < -0.4 is 0 Å². The fourth-order valence-electron chi connectivity index (χ4n) is 5.16. The van der Waals surface area contributed by atoms with Gasteiger partial charge in [-0.1, -0.05) is 0 Å². The summed E-state index contributed by atoms with van der Waals surface area (Å²) in [5.41, 5.74) is 0. The van der Waals surface area contributed by atoms with Crippen LogP contribution in [0.2, 0.25) is 0 Å². The predicted molar refractivity (Wildman–Crippen MR) is 77.5 cm³/mol. The van der Waals surface area contributed by atoms with Gasteiger partial charge in [0, 0.05) is 4.88 Å². The fourth-order valence-corrected chi connectivity index (χ4v) is 6.63. The molecule has 98 valence electrons. The molecular weight excluding hydrogens is 308 g/mol. The molecule has 0 radical (unpaired) electrons. The largest absolute Gasteiger partial charge is 0.387 e. The van der Waals surface area contributed by atoms with E-state index in [2.05, 4.69) is 28.1 Å². The maximum atomic E-state index is 10.8. The number of hydrogen-bond donors (Lipinski definition) is 1. The molecule has 1 aromatic heterocycles. The summed E-state index contributed by atoms with van der Waals surface area (Å²) in [5.74, 6) is 4.13. The Balaban J connectivity index is 1.61. The molecule has 0 spiro atoms. The van der Waals surface area contributed by atoms with E-state index in [9.17, 15) is 5.11 Å². The Hall–Kier alpha value is 0.140. The van der Waals surface area contributed by atoms with Crippen molar-refractivity contribution in [2.75, 3.05) is 0 Å². The molecule has 18 heavy (non-hydrogen) atoms. The minimum Gasteiger partial charge on any atom is -0.387 e. The summed E-state index contributed by atoms with van der Waals surface area (Å²) >= 11 is 5.22. The molecule has 0 saturated heterocycles. The van der Waals surface area contributed by atoms with Crippen LogP contribution in [0.5, 0.6) is 0 Å². The highest BCUT2D eigenvalue weighted by molar-refractivity contribution is 9.11. The van der Waals surface area contributed by atoms with E-state index in [1.54, 1.807) is 11.3 Å². The maximum Gasteiger partial charge on any atom is 0.0915 e. The molecule has 4 fully saturated rings. The van der Waals surface area contributed by atoms with Crippen LogP contribution in [0, 0.1) is 29.6 Å². The number of rotatable bonds is 2. The van der Waals surface area contributed by atoms with Crippen LogP contribution in [0.25, 0.3) is 0 Å². The van der Waals surface area contributed by atoms with Crippen molar-refractivity contribution in [2.45, 2.75) is 38.2 Å². The highest BCUT2D eigenvalue weighted by atomic mass is 79.9. The third kappa shape index (κ3) is 1.82. The second kappa shape index (κ2) is 4.32. The summed E-state index contributed by atoms with van der Waals surface area (Å²) in [6.45, 7) is 0. The molecule has 4 saturated carbocycles. The van der Waals surface area contributed by atoms with Gasteiger partial charge in [0.2, 0.25) is 0 Å². The molecule has 1 heterocycles. The highest BCUT2D eigenvalue weighted by Crippen LogP contribution is 2.59. The van der Waals surface area contributed by atoms with Crippen molar-refractivity contribution in [3.8, 4) is 0 Å². The third-order valence-electron chi connectivity index (χ3n) is 5.55. The van der Waals surface area contributed by atoms with E-state index in [0.717, 1.165) is 27.5 Å². The van der Waals surface area contributed by atoms with Gasteiger partial charge in [0.05, 0.1) is 9.89 Å². The Kier molecular flexibility index (Phi) is 2.86. The van der Waals surface area contributed by atoms with Gasteiger partial charge >= 0.3 is 0 Å². The van der Waals surface area contributed by atoms with Crippen LogP contribution >= 0.6 is 27.3 Å². The lowest BCUT2D eigenvalue weighted by Crippen LogP contribution is -2.47. The lowest BCUT2D eigenvalue weighted by atomic mass is 9.51. The average Bonchev–Trinajstić information content (AvgIpc) is 2.74. The van der Waals surface area contributed by atoms with Crippen LogP contribution in [0.3, 0.4) is 0 Å². The Bertz CT molecular complexity index is 427. The first kappa shape index (κ1) is 11.9. The Morgan fingerprint density at radius 2 is 1.67 bits per heavy atom. The number of aliphatic hydroxyl groups excluding tert-OH is 1. The molecular formula is C15H19BrOS. The van der Waals surface area contributed by atoms with E-state index in [0.29, 0.717) is 5.92 Å². The van der Waals surface area contributed by atoms with Crippen molar-refractivity contribution < 1.29 is 5.11 Å². The molecule has 1 nitrogen and oxygen atoms in total. The van der Waals surface area contributed by atoms with Gasteiger partial charge in [-0.15, -0.1) is 11.3 Å². The van der Waals surface area contributed by atoms with E-state index in [4.69, 9.17) is 0 Å². The van der Waals surface area contributed by atoms with E-state index in [1.165, 1.54) is 37.0 Å². The zero-order chi connectivity index (χ0) is 12.3. The molecule has 4 aliphatic carbocycles. The first-order valence-corrected chi connectivity index (χ1v) is 8.75. The normalized spacial score (nSPS) is 43.3. The monoisotopic (exact) mass is 326 g/mol. The summed E-state index contributed by atoms with van der Waals surface area (Å²) in [7, 11) is 0. The Morgan fingerprint density at radius 1 is 1.06 bits per heavy atom. The zero-order valence-corrected chi connectivity index (χ0v) is 12.8.